The van der Waals surface area contributed by atoms with Crippen LogP contribution in [0, 0.1) is 0 Å². The molecule has 0 aliphatic heterocycles. The molecule has 2 rings (SSSR count). The molecule has 21 heavy (non-hydrogen) atoms. The Hall–Kier alpha value is -2.34. The molecule has 0 unspecified atom stereocenters. The number of hydrogen-bond donors (Lipinski definition) is 2. The first-order valence-corrected chi connectivity index (χ1v) is 6.25. The number of carbonyl (C=O) groups excluding carboxylic acids is 1. The number of ether oxygens (including phenoxy) is 1. The number of carbonyl (C=O) groups is 1. The fourth-order valence-electron chi connectivity index (χ4n) is 1.65. The fraction of sp³-hybridized carbons (Fsp3) is 0.0714. The van der Waals surface area contributed by atoms with Crippen molar-refractivity contribution in [2.24, 2.45) is 0 Å². The average molecular weight is 313 g/mol. The van der Waals surface area contributed by atoms with Crippen LogP contribution in [0.2, 0.25) is 5.02 Å². The van der Waals surface area contributed by atoms with Gasteiger partial charge in [-0.05, 0) is 36.4 Å². The molecule has 0 saturated carbocycles. The number of nitrogen functional groups attached to an aromatic ring is 1. The van der Waals surface area contributed by atoms with Crippen LogP contribution >= 0.6 is 11.6 Å². The van der Waals surface area contributed by atoms with Gasteiger partial charge in [0.05, 0.1) is 5.02 Å². The molecule has 0 radical (unpaired) electrons. The Labute approximate surface area is 124 Å². The zero-order valence-electron chi connectivity index (χ0n) is 10.6. The van der Waals surface area contributed by atoms with Gasteiger partial charge in [0, 0.05) is 16.9 Å². The molecule has 0 aromatic heterocycles. The molecule has 110 valence electrons. The second-order valence-electron chi connectivity index (χ2n) is 4.10. The summed E-state index contributed by atoms with van der Waals surface area (Å²) in [5.74, 6) is -0.547. The van der Waals surface area contributed by atoms with E-state index in [9.17, 15) is 13.6 Å². The van der Waals surface area contributed by atoms with Crippen LogP contribution in [0.15, 0.2) is 42.5 Å². The summed E-state index contributed by atoms with van der Waals surface area (Å²) < 4.78 is 28.4. The van der Waals surface area contributed by atoms with Crippen LogP contribution in [0.3, 0.4) is 0 Å². The summed E-state index contributed by atoms with van der Waals surface area (Å²) in [7, 11) is 0. The van der Waals surface area contributed by atoms with Crippen LogP contribution in [0.1, 0.15) is 10.4 Å². The molecule has 2 aromatic rings. The molecule has 2 aromatic carbocycles. The van der Waals surface area contributed by atoms with E-state index < -0.39 is 6.61 Å². The summed E-state index contributed by atoms with van der Waals surface area (Å²) in [5, 5.41) is 2.56. The number of halogens is 3. The van der Waals surface area contributed by atoms with Gasteiger partial charge in [-0.2, -0.15) is 8.78 Å². The van der Waals surface area contributed by atoms with E-state index in [2.05, 4.69) is 10.1 Å². The predicted octanol–water partition coefficient (Wildman–Crippen LogP) is 3.78. The average Bonchev–Trinajstić information content (AvgIpc) is 2.41. The molecule has 3 N–H and O–H groups in total. The van der Waals surface area contributed by atoms with E-state index in [1.54, 1.807) is 18.2 Å². The van der Waals surface area contributed by atoms with Gasteiger partial charge < -0.3 is 15.8 Å². The van der Waals surface area contributed by atoms with Crippen molar-refractivity contribution < 1.29 is 18.3 Å². The minimum Gasteiger partial charge on any atom is -0.433 e. The first-order chi connectivity index (χ1) is 9.95. The van der Waals surface area contributed by atoms with Crippen LogP contribution in [-0.4, -0.2) is 12.5 Å². The summed E-state index contributed by atoms with van der Waals surface area (Å²) >= 11 is 5.80. The summed E-state index contributed by atoms with van der Waals surface area (Å²) in [6.45, 7) is -2.96. The van der Waals surface area contributed by atoms with E-state index in [4.69, 9.17) is 17.3 Å². The van der Waals surface area contributed by atoms with Crippen LogP contribution in [0.25, 0.3) is 0 Å². The maximum absolute atomic E-state index is 12.1. The van der Waals surface area contributed by atoms with Crippen molar-refractivity contribution in [3.8, 4) is 5.75 Å². The fourth-order valence-corrected chi connectivity index (χ4v) is 1.88. The van der Waals surface area contributed by atoms with E-state index in [-0.39, 0.29) is 16.7 Å². The maximum atomic E-state index is 12.1. The number of hydrogen-bond acceptors (Lipinski definition) is 3. The van der Waals surface area contributed by atoms with Crippen LogP contribution in [0.4, 0.5) is 20.2 Å². The Bertz CT molecular complexity index is 665. The highest BCUT2D eigenvalue weighted by molar-refractivity contribution is 6.32. The molecule has 0 atom stereocenters. The van der Waals surface area contributed by atoms with Crippen molar-refractivity contribution in [1.82, 2.24) is 0 Å². The highest BCUT2D eigenvalue weighted by Crippen LogP contribution is 2.29. The van der Waals surface area contributed by atoms with Gasteiger partial charge in [-0.3, -0.25) is 4.79 Å². The summed E-state index contributed by atoms with van der Waals surface area (Å²) in [6.07, 6.45) is 0. The topological polar surface area (TPSA) is 64.4 Å². The number of nitrogens with one attached hydrogen (secondary N) is 1. The highest BCUT2D eigenvalue weighted by Gasteiger charge is 2.11. The minimum atomic E-state index is -2.96. The first-order valence-electron chi connectivity index (χ1n) is 5.87. The molecule has 4 nitrogen and oxygen atoms in total. The van der Waals surface area contributed by atoms with Crippen molar-refractivity contribution in [2.45, 2.75) is 6.61 Å². The van der Waals surface area contributed by atoms with E-state index in [0.29, 0.717) is 16.9 Å². The van der Waals surface area contributed by atoms with Crippen molar-refractivity contribution in [1.29, 1.82) is 0 Å². The molecule has 1 amide bonds. The first kappa shape index (κ1) is 15.1. The zero-order chi connectivity index (χ0) is 15.4. The van der Waals surface area contributed by atoms with Gasteiger partial charge in [0.15, 0.2) is 0 Å². The van der Waals surface area contributed by atoms with Gasteiger partial charge in [-0.25, -0.2) is 0 Å². The number of anilines is 2. The Morgan fingerprint density at radius 1 is 1.24 bits per heavy atom. The molecular weight excluding hydrogens is 302 g/mol. The van der Waals surface area contributed by atoms with Crippen molar-refractivity contribution >= 4 is 28.9 Å². The Kier molecular flexibility index (Phi) is 4.59. The second-order valence-corrected chi connectivity index (χ2v) is 4.51. The van der Waals surface area contributed by atoms with Crippen LogP contribution in [0.5, 0.6) is 5.75 Å². The smallest absolute Gasteiger partial charge is 0.387 e. The maximum Gasteiger partial charge on any atom is 0.387 e. The third-order valence-electron chi connectivity index (χ3n) is 2.55. The molecule has 0 aliphatic rings. The predicted molar refractivity (Wildman–Crippen MR) is 76.9 cm³/mol. The third-order valence-corrected chi connectivity index (χ3v) is 2.85. The van der Waals surface area contributed by atoms with Crippen molar-refractivity contribution in [2.75, 3.05) is 11.1 Å². The van der Waals surface area contributed by atoms with Gasteiger partial charge in [-0.1, -0.05) is 17.7 Å². The van der Waals surface area contributed by atoms with E-state index in [1.165, 1.54) is 24.3 Å². The Morgan fingerprint density at radius 3 is 2.62 bits per heavy atom. The number of nitrogens with two attached hydrogens (primary N) is 1. The van der Waals surface area contributed by atoms with E-state index in [1.807, 2.05) is 0 Å². The summed E-state index contributed by atoms with van der Waals surface area (Å²) in [5.41, 5.74) is 6.78. The van der Waals surface area contributed by atoms with Crippen LogP contribution in [-0.2, 0) is 0 Å². The molecule has 0 heterocycles. The monoisotopic (exact) mass is 312 g/mol. The molecular formula is C14H11ClF2N2O2. The van der Waals surface area contributed by atoms with Crippen molar-refractivity contribution in [3.05, 3.63) is 53.1 Å². The molecule has 0 bridgehead atoms. The van der Waals surface area contributed by atoms with Crippen molar-refractivity contribution in [3.63, 3.8) is 0 Å². The Balaban J connectivity index is 2.13. The van der Waals surface area contributed by atoms with Gasteiger partial charge in [0.2, 0.25) is 0 Å². The number of amides is 1. The highest BCUT2D eigenvalue weighted by atomic mass is 35.5. The standard InChI is InChI=1S/C14H11ClF2N2O2/c15-11-7-10(4-5-12(11)21-14(16)17)19-13(20)8-2-1-3-9(18)6-8/h1-7,14H,18H2,(H,19,20). The normalized spacial score (nSPS) is 10.5. The number of benzene rings is 2. The molecule has 0 saturated heterocycles. The Morgan fingerprint density at radius 2 is 2.00 bits per heavy atom. The summed E-state index contributed by atoms with van der Waals surface area (Å²) in [6, 6.07) is 10.4. The zero-order valence-corrected chi connectivity index (χ0v) is 11.4. The lowest BCUT2D eigenvalue weighted by Crippen LogP contribution is -2.12. The second kappa shape index (κ2) is 6.41. The lowest BCUT2D eigenvalue weighted by Gasteiger charge is -2.10. The van der Waals surface area contributed by atoms with Crippen LogP contribution < -0.4 is 15.8 Å². The van der Waals surface area contributed by atoms with Gasteiger partial charge in [-0.15, -0.1) is 0 Å². The molecule has 0 fully saturated rings. The van der Waals surface area contributed by atoms with E-state index >= 15 is 0 Å². The largest absolute Gasteiger partial charge is 0.433 e. The SMILES string of the molecule is Nc1cccc(C(=O)Nc2ccc(OC(F)F)c(Cl)c2)c1. The number of rotatable bonds is 4. The van der Waals surface area contributed by atoms with Gasteiger partial charge in [0.25, 0.3) is 5.91 Å². The van der Waals surface area contributed by atoms with Gasteiger partial charge in [0.1, 0.15) is 5.75 Å². The van der Waals surface area contributed by atoms with E-state index in [0.717, 1.165) is 0 Å². The molecule has 0 aliphatic carbocycles. The third kappa shape index (κ3) is 4.06. The summed E-state index contributed by atoms with van der Waals surface area (Å²) in [4.78, 5) is 12.0. The lowest BCUT2D eigenvalue weighted by atomic mass is 10.2. The molecule has 7 heteroatoms. The van der Waals surface area contributed by atoms with Gasteiger partial charge >= 0.3 is 6.61 Å². The number of alkyl halides is 2. The lowest BCUT2D eigenvalue weighted by molar-refractivity contribution is -0.0497. The molecule has 0 spiro atoms. The quantitative estimate of drug-likeness (QED) is 0.845. The minimum absolute atomic E-state index is 0.0272.